The standard InChI is InChI=1S/C21H29N5O2/c1-5-6-7-12-22-19-17(21(2,3)4)25-18-16(13-23-26(18)19)20(28)24-14-8-10-15(27)11-9-14/h8-11,13,22-23,27H,5-7,12H2,1-4H3,(H,24,28). The van der Waals surface area contributed by atoms with Crippen LogP contribution < -0.4 is 10.6 Å². The van der Waals surface area contributed by atoms with Gasteiger partial charge < -0.3 is 15.7 Å². The van der Waals surface area contributed by atoms with Gasteiger partial charge in [0.2, 0.25) is 0 Å². The van der Waals surface area contributed by atoms with Crippen LogP contribution in [0.15, 0.2) is 30.5 Å². The molecule has 0 fully saturated rings. The third kappa shape index (κ3) is 4.13. The van der Waals surface area contributed by atoms with Crippen molar-refractivity contribution in [2.24, 2.45) is 0 Å². The lowest BCUT2D eigenvalue weighted by Crippen LogP contribution is -2.16. The van der Waals surface area contributed by atoms with Crippen LogP contribution >= 0.6 is 0 Å². The van der Waals surface area contributed by atoms with E-state index in [1.807, 2.05) is 4.52 Å². The number of hydrogen-bond acceptors (Lipinski definition) is 4. The molecule has 0 atom stereocenters. The number of nitrogens with one attached hydrogen (secondary N) is 3. The lowest BCUT2D eigenvalue weighted by Gasteiger charge is -2.18. The zero-order valence-electron chi connectivity index (χ0n) is 17.0. The Morgan fingerprint density at radius 3 is 2.57 bits per heavy atom. The molecule has 0 spiro atoms. The fraction of sp³-hybridized carbons (Fsp3) is 0.429. The molecule has 0 radical (unpaired) electrons. The van der Waals surface area contributed by atoms with Crippen molar-refractivity contribution >= 4 is 23.1 Å². The first-order valence-electron chi connectivity index (χ1n) is 9.76. The van der Waals surface area contributed by atoms with Gasteiger partial charge in [-0.1, -0.05) is 40.5 Å². The van der Waals surface area contributed by atoms with Crippen molar-refractivity contribution in [1.29, 1.82) is 0 Å². The summed E-state index contributed by atoms with van der Waals surface area (Å²) >= 11 is 0. The van der Waals surface area contributed by atoms with Gasteiger partial charge in [-0.05, 0) is 30.7 Å². The molecule has 2 heterocycles. The van der Waals surface area contributed by atoms with Crippen molar-refractivity contribution in [2.45, 2.75) is 52.4 Å². The first-order chi connectivity index (χ1) is 13.3. The van der Waals surface area contributed by atoms with Crippen molar-refractivity contribution < 1.29 is 9.90 Å². The van der Waals surface area contributed by atoms with Gasteiger partial charge in [0.05, 0.1) is 5.69 Å². The number of carbonyl (C=O) groups excluding carboxylic acids is 1. The second-order valence-corrected chi connectivity index (χ2v) is 8.04. The molecule has 0 saturated carbocycles. The van der Waals surface area contributed by atoms with E-state index in [2.05, 4.69) is 43.4 Å². The quantitative estimate of drug-likeness (QED) is 0.356. The molecule has 0 aliphatic heterocycles. The maximum absolute atomic E-state index is 12.8. The number of benzene rings is 1. The van der Waals surface area contributed by atoms with Crippen LogP contribution in [0.1, 0.15) is 63.0 Å². The number of fused-ring (bicyclic) bond motifs is 1. The maximum atomic E-state index is 12.8. The molecular weight excluding hydrogens is 354 g/mol. The number of H-pyrrole nitrogens is 1. The third-order valence-electron chi connectivity index (χ3n) is 4.61. The largest absolute Gasteiger partial charge is 0.508 e. The van der Waals surface area contributed by atoms with E-state index >= 15 is 0 Å². The van der Waals surface area contributed by atoms with Crippen LogP contribution in [-0.4, -0.2) is 32.2 Å². The number of anilines is 2. The molecular formula is C21H29N5O2. The molecule has 1 aromatic carbocycles. The average molecular weight is 383 g/mol. The number of aromatic hydroxyl groups is 1. The van der Waals surface area contributed by atoms with Gasteiger partial charge in [0.25, 0.3) is 5.91 Å². The SMILES string of the molecule is CCCCCNc1c(C(C)(C)C)nc2c(C(=O)Nc3ccc(O)cc3)c[nH]n12. The van der Waals surface area contributed by atoms with Crippen LogP contribution in [0.5, 0.6) is 5.75 Å². The summed E-state index contributed by atoms with van der Waals surface area (Å²) < 4.78 is 1.85. The summed E-state index contributed by atoms with van der Waals surface area (Å²) in [7, 11) is 0. The molecule has 3 rings (SSSR count). The van der Waals surface area contributed by atoms with Crippen LogP contribution in [0, 0.1) is 0 Å². The number of aromatic nitrogens is 3. The van der Waals surface area contributed by atoms with Crippen molar-refractivity contribution in [3.63, 3.8) is 0 Å². The molecule has 0 bridgehead atoms. The van der Waals surface area contributed by atoms with E-state index in [1.54, 1.807) is 18.3 Å². The lowest BCUT2D eigenvalue weighted by atomic mass is 9.92. The van der Waals surface area contributed by atoms with E-state index in [1.165, 1.54) is 25.0 Å². The summed E-state index contributed by atoms with van der Waals surface area (Å²) in [6.07, 6.45) is 5.09. The van der Waals surface area contributed by atoms with E-state index < -0.39 is 0 Å². The second kappa shape index (κ2) is 7.96. The number of carbonyl (C=O) groups is 1. The molecule has 0 saturated heterocycles. The minimum Gasteiger partial charge on any atom is -0.508 e. The number of imidazole rings is 1. The summed E-state index contributed by atoms with van der Waals surface area (Å²) in [4.78, 5) is 17.6. The van der Waals surface area contributed by atoms with Gasteiger partial charge in [-0.2, -0.15) is 0 Å². The molecule has 7 heteroatoms. The first-order valence-corrected chi connectivity index (χ1v) is 9.76. The molecule has 1 amide bonds. The van der Waals surface area contributed by atoms with Crippen molar-refractivity contribution in [3.05, 3.63) is 41.7 Å². The lowest BCUT2D eigenvalue weighted by molar-refractivity contribution is 0.102. The average Bonchev–Trinajstić information content (AvgIpc) is 3.20. The van der Waals surface area contributed by atoms with Gasteiger partial charge in [0, 0.05) is 23.8 Å². The van der Waals surface area contributed by atoms with Gasteiger partial charge >= 0.3 is 0 Å². The fourth-order valence-electron chi connectivity index (χ4n) is 3.10. The number of amides is 1. The molecule has 28 heavy (non-hydrogen) atoms. The Kier molecular flexibility index (Phi) is 5.63. The van der Waals surface area contributed by atoms with Gasteiger partial charge in [-0.25, -0.2) is 9.50 Å². The Bertz CT molecular complexity index is 948. The smallest absolute Gasteiger partial charge is 0.261 e. The molecule has 2 aromatic heterocycles. The Hall–Kier alpha value is -2.96. The molecule has 7 nitrogen and oxygen atoms in total. The fourth-order valence-corrected chi connectivity index (χ4v) is 3.10. The number of aromatic amines is 1. The summed E-state index contributed by atoms with van der Waals surface area (Å²) in [6.45, 7) is 9.38. The number of phenols is 1. The van der Waals surface area contributed by atoms with Gasteiger partial charge in [0.1, 0.15) is 17.1 Å². The van der Waals surface area contributed by atoms with E-state index in [4.69, 9.17) is 4.98 Å². The predicted octanol–water partition coefficient (Wildman–Crippen LogP) is 4.52. The predicted molar refractivity (Wildman–Crippen MR) is 112 cm³/mol. The highest BCUT2D eigenvalue weighted by molar-refractivity contribution is 6.08. The molecule has 0 aliphatic rings. The van der Waals surface area contributed by atoms with Gasteiger partial charge in [0.15, 0.2) is 5.65 Å². The highest BCUT2D eigenvalue weighted by Gasteiger charge is 2.27. The maximum Gasteiger partial charge on any atom is 0.261 e. The Balaban J connectivity index is 1.91. The van der Waals surface area contributed by atoms with Crippen LogP contribution in [-0.2, 0) is 5.41 Å². The van der Waals surface area contributed by atoms with Crippen molar-refractivity contribution in [1.82, 2.24) is 14.6 Å². The molecule has 150 valence electrons. The number of nitrogens with zero attached hydrogens (tertiary/aromatic N) is 2. The monoisotopic (exact) mass is 383 g/mol. The van der Waals surface area contributed by atoms with E-state index in [9.17, 15) is 9.90 Å². The molecule has 3 aromatic rings. The minimum absolute atomic E-state index is 0.156. The normalized spacial score (nSPS) is 11.7. The van der Waals surface area contributed by atoms with Crippen LogP contribution in [0.2, 0.25) is 0 Å². The topological polar surface area (TPSA) is 94.4 Å². The zero-order chi connectivity index (χ0) is 20.3. The van der Waals surface area contributed by atoms with Crippen LogP contribution in [0.4, 0.5) is 11.5 Å². The molecule has 4 N–H and O–H groups in total. The second-order valence-electron chi connectivity index (χ2n) is 8.04. The van der Waals surface area contributed by atoms with Gasteiger partial charge in [-0.3, -0.25) is 9.89 Å². The van der Waals surface area contributed by atoms with E-state index in [0.717, 1.165) is 24.5 Å². The number of phenolic OH excluding ortho intramolecular Hbond substituents is 1. The summed E-state index contributed by atoms with van der Waals surface area (Å²) in [5, 5.41) is 18.9. The first kappa shape index (κ1) is 19.8. The highest BCUT2D eigenvalue weighted by atomic mass is 16.3. The summed E-state index contributed by atoms with van der Waals surface area (Å²) in [5.74, 6) is 0.811. The Morgan fingerprint density at radius 1 is 1.21 bits per heavy atom. The van der Waals surface area contributed by atoms with Crippen LogP contribution in [0.3, 0.4) is 0 Å². The molecule has 0 unspecified atom stereocenters. The highest BCUT2D eigenvalue weighted by Crippen LogP contribution is 2.31. The number of unbranched alkanes of at least 4 members (excludes halogenated alkanes) is 2. The Morgan fingerprint density at radius 2 is 1.93 bits per heavy atom. The van der Waals surface area contributed by atoms with Gasteiger partial charge in [-0.15, -0.1) is 0 Å². The Labute approximate surface area is 165 Å². The third-order valence-corrected chi connectivity index (χ3v) is 4.61. The van der Waals surface area contributed by atoms with Crippen molar-refractivity contribution in [2.75, 3.05) is 17.2 Å². The summed E-state index contributed by atoms with van der Waals surface area (Å²) in [6, 6.07) is 6.38. The summed E-state index contributed by atoms with van der Waals surface area (Å²) in [5.41, 5.74) is 2.45. The van der Waals surface area contributed by atoms with E-state index in [0.29, 0.717) is 16.9 Å². The number of hydrogen-bond donors (Lipinski definition) is 4. The number of rotatable bonds is 7. The van der Waals surface area contributed by atoms with E-state index in [-0.39, 0.29) is 17.1 Å². The molecule has 0 aliphatic carbocycles. The van der Waals surface area contributed by atoms with Crippen molar-refractivity contribution in [3.8, 4) is 5.75 Å². The zero-order valence-corrected chi connectivity index (χ0v) is 17.0. The van der Waals surface area contributed by atoms with Crippen LogP contribution in [0.25, 0.3) is 5.65 Å². The minimum atomic E-state index is -0.250.